The van der Waals surface area contributed by atoms with Crippen LogP contribution in [0.25, 0.3) is 84.9 Å². The summed E-state index contributed by atoms with van der Waals surface area (Å²) < 4.78 is 5.13. The van der Waals surface area contributed by atoms with E-state index in [0.29, 0.717) is 5.56 Å². The van der Waals surface area contributed by atoms with Crippen molar-refractivity contribution in [2.45, 2.75) is 0 Å². The lowest BCUT2D eigenvalue weighted by Crippen LogP contribution is -1.94. The maximum absolute atomic E-state index is 10.1. The molecule has 0 fully saturated rings. The predicted molar refractivity (Wildman–Crippen MR) is 199 cm³/mol. The van der Waals surface area contributed by atoms with Crippen LogP contribution in [0.3, 0.4) is 0 Å². The van der Waals surface area contributed by atoms with E-state index in [1.54, 1.807) is 0 Å². The van der Waals surface area contributed by atoms with Crippen LogP contribution in [0, 0.1) is 11.3 Å². The van der Waals surface area contributed by atoms with Crippen molar-refractivity contribution >= 4 is 63.0 Å². The van der Waals surface area contributed by atoms with Crippen LogP contribution in [-0.4, -0.2) is 0 Å². The molecule has 0 aliphatic rings. The monoisotopic (exact) mass is 619 g/mol. The predicted octanol–water partition coefficient (Wildman–Crippen LogP) is 13.0. The van der Waals surface area contributed by atoms with Gasteiger partial charge in [0.05, 0.1) is 11.6 Å². The molecular weight excluding hydrogens is 595 g/mol. The lowest BCUT2D eigenvalue weighted by atomic mass is 9.84. The number of thiophene rings is 2. The molecule has 0 saturated heterocycles. The standard InChI is InChI=1S/C43H25NS2/c44-26-29-13-4-5-14-31(29)30-23-37(28-21-22-34-32-15-6-8-19-39(32)45-41(34)25-28)42(27-11-2-1-3-12-27)38(24-30)36-18-10-17-35-33-16-7-9-20-40(33)46-43(35)36/h1-25H. The second-order valence-corrected chi connectivity index (χ2v) is 13.7. The van der Waals surface area contributed by atoms with Gasteiger partial charge in [-0.25, -0.2) is 0 Å². The van der Waals surface area contributed by atoms with Crippen molar-refractivity contribution in [2.24, 2.45) is 0 Å². The maximum Gasteiger partial charge on any atom is 0.0998 e. The Kier molecular flexibility index (Phi) is 6.31. The molecule has 2 aromatic heterocycles. The number of nitrogens with zero attached hydrogens (tertiary/aromatic N) is 1. The molecule has 9 aromatic rings. The van der Waals surface area contributed by atoms with Crippen molar-refractivity contribution in [1.82, 2.24) is 0 Å². The van der Waals surface area contributed by atoms with E-state index in [2.05, 4.69) is 140 Å². The fourth-order valence-corrected chi connectivity index (χ4v) is 9.21. The van der Waals surface area contributed by atoms with Crippen LogP contribution >= 0.6 is 22.7 Å². The van der Waals surface area contributed by atoms with Gasteiger partial charge >= 0.3 is 0 Å². The largest absolute Gasteiger partial charge is 0.192 e. The maximum atomic E-state index is 10.1. The highest BCUT2D eigenvalue weighted by Gasteiger charge is 2.21. The van der Waals surface area contributed by atoms with Crippen LogP contribution < -0.4 is 0 Å². The second-order valence-electron chi connectivity index (χ2n) is 11.6. The van der Waals surface area contributed by atoms with Gasteiger partial charge in [0.25, 0.3) is 0 Å². The molecule has 0 N–H and O–H groups in total. The Hall–Kier alpha value is -5.53. The summed E-state index contributed by atoms with van der Waals surface area (Å²) in [4.78, 5) is 0. The fraction of sp³-hybridized carbons (Fsp3) is 0. The van der Waals surface area contributed by atoms with Crippen LogP contribution in [0.4, 0.5) is 0 Å². The Morgan fingerprint density at radius 3 is 1.85 bits per heavy atom. The van der Waals surface area contributed by atoms with E-state index in [1.165, 1.54) is 68.2 Å². The van der Waals surface area contributed by atoms with Gasteiger partial charge in [-0.3, -0.25) is 0 Å². The molecule has 0 unspecified atom stereocenters. The van der Waals surface area contributed by atoms with Crippen LogP contribution in [0.1, 0.15) is 5.56 Å². The molecule has 2 heterocycles. The first-order valence-corrected chi connectivity index (χ1v) is 17.0. The molecule has 3 heteroatoms. The first-order valence-electron chi connectivity index (χ1n) is 15.3. The van der Waals surface area contributed by atoms with Crippen molar-refractivity contribution < 1.29 is 0 Å². The van der Waals surface area contributed by atoms with Gasteiger partial charge in [-0.15, -0.1) is 22.7 Å². The van der Waals surface area contributed by atoms with Crippen molar-refractivity contribution in [2.75, 3.05) is 0 Å². The van der Waals surface area contributed by atoms with E-state index in [-0.39, 0.29) is 0 Å². The second kappa shape index (κ2) is 10.8. The quantitative estimate of drug-likeness (QED) is 0.192. The van der Waals surface area contributed by atoms with Crippen molar-refractivity contribution in [1.29, 1.82) is 5.26 Å². The molecule has 1 nitrogen and oxygen atoms in total. The molecule has 0 amide bonds. The molecule has 46 heavy (non-hydrogen) atoms. The van der Waals surface area contributed by atoms with Crippen molar-refractivity contribution in [3.05, 3.63) is 157 Å². The molecule has 214 valence electrons. The Balaban J connectivity index is 1.42. The summed E-state index contributed by atoms with van der Waals surface area (Å²) in [6.45, 7) is 0. The highest BCUT2D eigenvalue weighted by Crippen LogP contribution is 2.48. The van der Waals surface area contributed by atoms with Crippen molar-refractivity contribution in [3.63, 3.8) is 0 Å². The number of hydrogen-bond donors (Lipinski definition) is 0. The van der Waals surface area contributed by atoms with E-state index in [4.69, 9.17) is 0 Å². The molecule has 0 bridgehead atoms. The molecule has 0 radical (unpaired) electrons. The van der Waals surface area contributed by atoms with Gasteiger partial charge in [-0.1, -0.05) is 115 Å². The first-order chi connectivity index (χ1) is 22.8. The topological polar surface area (TPSA) is 23.8 Å². The summed E-state index contributed by atoms with van der Waals surface area (Å²) in [5.41, 5.74) is 9.72. The van der Waals surface area contributed by atoms with E-state index < -0.39 is 0 Å². The minimum Gasteiger partial charge on any atom is -0.192 e. The van der Waals surface area contributed by atoms with Gasteiger partial charge in [0.2, 0.25) is 0 Å². The summed E-state index contributed by atoms with van der Waals surface area (Å²) in [5.74, 6) is 0. The van der Waals surface area contributed by atoms with Gasteiger partial charge in [0.1, 0.15) is 0 Å². The number of benzene rings is 7. The van der Waals surface area contributed by atoms with Gasteiger partial charge in [-0.2, -0.15) is 5.26 Å². The smallest absolute Gasteiger partial charge is 0.0998 e. The molecule has 0 atom stereocenters. The van der Waals surface area contributed by atoms with Crippen molar-refractivity contribution in [3.8, 4) is 50.6 Å². The molecule has 0 saturated carbocycles. The van der Waals surface area contributed by atoms with Gasteiger partial charge < -0.3 is 0 Å². The first kappa shape index (κ1) is 26.8. The third-order valence-electron chi connectivity index (χ3n) is 8.94. The average Bonchev–Trinajstić information content (AvgIpc) is 3.69. The van der Waals surface area contributed by atoms with Gasteiger partial charge in [0, 0.05) is 45.9 Å². The molecule has 7 aromatic carbocycles. The highest BCUT2D eigenvalue weighted by atomic mass is 32.1. The molecule has 0 aliphatic carbocycles. The zero-order chi connectivity index (χ0) is 30.6. The molecule has 0 spiro atoms. The van der Waals surface area contributed by atoms with Crippen LogP contribution in [0.5, 0.6) is 0 Å². The minimum atomic E-state index is 0.673. The SMILES string of the molecule is N#Cc1ccccc1-c1cc(-c2ccc3c(c2)sc2ccccc23)c(-c2ccccc2)c(-c2cccc3c2sc2ccccc23)c1. The number of rotatable bonds is 4. The number of hydrogen-bond acceptors (Lipinski definition) is 3. The lowest BCUT2D eigenvalue weighted by molar-refractivity contribution is 1.48. The zero-order valence-corrected chi connectivity index (χ0v) is 26.3. The Morgan fingerprint density at radius 1 is 0.391 bits per heavy atom. The summed E-state index contributed by atoms with van der Waals surface area (Å²) >= 11 is 3.69. The summed E-state index contributed by atoms with van der Waals surface area (Å²) in [6.07, 6.45) is 0. The number of fused-ring (bicyclic) bond motifs is 6. The third kappa shape index (κ3) is 4.27. The highest BCUT2D eigenvalue weighted by molar-refractivity contribution is 7.26. The molecular formula is C43H25NS2. The molecule has 0 aliphatic heterocycles. The van der Waals surface area contributed by atoms with E-state index in [0.717, 1.165) is 16.7 Å². The van der Waals surface area contributed by atoms with E-state index in [9.17, 15) is 5.26 Å². The van der Waals surface area contributed by atoms with E-state index >= 15 is 0 Å². The summed E-state index contributed by atoms with van der Waals surface area (Å²) in [7, 11) is 0. The Morgan fingerprint density at radius 2 is 1.02 bits per heavy atom. The summed E-state index contributed by atoms with van der Waals surface area (Å²) in [5, 5.41) is 15.3. The summed E-state index contributed by atoms with van der Waals surface area (Å²) in [6, 6.07) is 56.7. The van der Waals surface area contributed by atoms with Crippen LogP contribution in [-0.2, 0) is 0 Å². The normalized spacial score (nSPS) is 11.5. The van der Waals surface area contributed by atoms with Crippen LogP contribution in [0.2, 0.25) is 0 Å². The molecule has 9 rings (SSSR count). The Labute approximate surface area is 274 Å². The van der Waals surface area contributed by atoms with E-state index in [1.807, 2.05) is 40.9 Å². The zero-order valence-electron chi connectivity index (χ0n) is 24.7. The van der Waals surface area contributed by atoms with Gasteiger partial charge in [-0.05, 0) is 75.3 Å². The average molecular weight is 620 g/mol. The Bertz CT molecular complexity index is 2650. The fourth-order valence-electron chi connectivity index (χ4n) is 6.84. The lowest BCUT2D eigenvalue weighted by Gasteiger charge is -2.20. The van der Waals surface area contributed by atoms with Crippen LogP contribution in [0.15, 0.2) is 152 Å². The number of nitriles is 1. The minimum absolute atomic E-state index is 0.673. The van der Waals surface area contributed by atoms with Gasteiger partial charge in [0.15, 0.2) is 0 Å². The third-order valence-corrected chi connectivity index (χ3v) is 11.3.